The van der Waals surface area contributed by atoms with Gasteiger partial charge in [0.25, 0.3) is 0 Å². The van der Waals surface area contributed by atoms with Gasteiger partial charge < -0.3 is 14.3 Å². The first-order valence-corrected chi connectivity index (χ1v) is 9.61. The molecule has 8 heteroatoms. The number of pyridine rings is 1. The average molecular weight is 395 g/mol. The van der Waals surface area contributed by atoms with E-state index < -0.39 is 0 Å². The van der Waals surface area contributed by atoms with Gasteiger partial charge in [-0.25, -0.2) is 18.7 Å². The maximum absolute atomic E-state index is 13.4. The van der Waals surface area contributed by atoms with Crippen LogP contribution in [0.15, 0.2) is 42.7 Å². The van der Waals surface area contributed by atoms with Crippen LogP contribution in [0.5, 0.6) is 0 Å². The molecular weight excluding hydrogens is 376 g/mol. The lowest BCUT2D eigenvalue weighted by molar-refractivity contribution is -0.131. The number of likely N-dealkylation sites (tertiary alicyclic amines) is 1. The highest BCUT2D eigenvalue weighted by Crippen LogP contribution is 2.28. The molecule has 1 amide bonds. The number of rotatable bonds is 3. The molecule has 1 fully saturated rings. The van der Waals surface area contributed by atoms with E-state index in [-0.39, 0.29) is 29.9 Å². The third-order valence-corrected chi connectivity index (χ3v) is 5.49. The Hall–Kier alpha value is -3.29. The van der Waals surface area contributed by atoms with Gasteiger partial charge in [0.15, 0.2) is 0 Å². The number of halogens is 2. The van der Waals surface area contributed by atoms with Gasteiger partial charge in [-0.05, 0) is 43.2 Å². The van der Waals surface area contributed by atoms with E-state index in [0.717, 1.165) is 24.2 Å². The van der Waals surface area contributed by atoms with E-state index in [9.17, 15) is 13.6 Å². The number of fused-ring (bicyclic) bond motifs is 2. The lowest BCUT2D eigenvalue weighted by Crippen LogP contribution is -2.39. The van der Waals surface area contributed by atoms with Gasteiger partial charge in [0.05, 0.1) is 23.1 Å². The molecule has 0 atom stereocenters. The Morgan fingerprint density at radius 3 is 2.69 bits per heavy atom. The first-order valence-electron chi connectivity index (χ1n) is 9.61. The lowest BCUT2D eigenvalue weighted by atomic mass is 9.96. The summed E-state index contributed by atoms with van der Waals surface area (Å²) in [5, 5.41) is 0. The number of amides is 1. The summed E-state index contributed by atoms with van der Waals surface area (Å²) in [4.78, 5) is 26.7. The van der Waals surface area contributed by atoms with Crippen LogP contribution >= 0.6 is 0 Å². The topological polar surface area (TPSA) is 66.3 Å². The second kappa shape index (κ2) is 6.95. The van der Waals surface area contributed by atoms with E-state index in [1.807, 2.05) is 4.90 Å². The van der Waals surface area contributed by atoms with Crippen molar-refractivity contribution < 1.29 is 13.6 Å². The first kappa shape index (κ1) is 17.8. The third kappa shape index (κ3) is 3.46. The van der Waals surface area contributed by atoms with Gasteiger partial charge in [0.1, 0.15) is 23.1 Å². The maximum atomic E-state index is 13.4. The Balaban J connectivity index is 1.23. The molecule has 4 heterocycles. The molecule has 5 rings (SSSR count). The Morgan fingerprint density at radius 2 is 1.86 bits per heavy atom. The molecule has 1 aromatic carbocycles. The second-order valence-electron chi connectivity index (χ2n) is 7.46. The van der Waals surface area contributed by atoms with E-state index in [1.54, 1.807) is 22.7 Å². The van der Waals surface area contributed by atoms with Gasteiger partial charge in [0, 0.05) is 31.4 Å². The van der Waals surface area contributed by atoms with Gasteiger partial charge in [-0.2, -0.15) is 0 Å². The summed E-state index contributed by atoms with van der Waals surface area (Å²) < 4.78 is 28.3. The lowest BCUT2D eigenvalue weighted by Gasteiger charge is -2.31. The zero-order chi connectivity index (χ0) is 20.0. The van der Waals surface area contributed by atoms with Gasteiger partial charge in [-0.3, -0.25) is 4.79 Å². The summed E-state index contributed by atoms with van der Waals surface area (Å²) in [5.41, 5.74) is 2.70. The highest BCUT2D eigenvalue weighted by atomic mass is 19.1. The van der Waals surface area contributed by atoms with Crippen LogP contribution in [0, 0.1) is 11.6 Å². The van der Waals surface area contributed by atoms with Crippen molar-refractivity contribution in [3.63, 3.8) is 0 Å². The quantitative estimate of drug-likeness (QED) is 0.578. The van der Waals surface area contributed by atoms with E-state index in [0.29, 0.717) is 29.9 Å². The van der Waals surface area contributed by atoms with Gasteiger partial charge in [-0.1, -0.05) is 0 Å². The number of carbonyl (C=O) groups excluding carboxylic acids is 1. The number of benzene rings is 1. The van der Waals surface area contributed by atoms with Gasteiger partial charge in [0.2, 0.25) is 5.91 Å². The zero-order valence-corrected chi connectivity index (χ0v) is 15.6. The van der Waals surface area contributed by atoms with Crippen LogP contribution in [0.25, 0.3) is 16.7 Å². The van der Waals surface area contributed by atoms with Gasteiger partial charge in [-0.15, -0.1) is 0 Å². The number of carbonyl (C=O) groups is 1. The number of piperidine rings is 1. The van der Waals surface area contributed by atoms with Crippen LogP contribution < -0.4 is 0 Å². The van der Waals surface area contributed by atoms with Crippen molar-refractivity contribution in [3.8, 4) is 0 Å². The molecule has 1 aliphatic heterocycles. The fourth-order valence-electron chi connectivity index (χ4n) is 3.97. The summed E-state index contributed by atoms with van der Waals surface area (Å²) in [5.74, 6) is 0.442. The number of aromatic nitrogens is 4. The van der Waals surface area contributed by atoms with Crippen molar-refractivity contribution >= 4 is 22.6 Å². The number of nitrogens with one attached hydrogen (secondary N) is 1. The van der Waals surface area contributed by atoms with E-state index >= 15 is 0 Å². The molecule has 29 heavy (non-hydrogen) atoms. The number of imidazole rings is 2. The van der Waals surface area contributed by atoms with Crippen LogP contribution in [-0.4, -0.2) is 43.2 Å². The zero-order valence-electron chi connectivity index (χ0n) is 15.6. The molecule has 0 spiro atoms. The predicted octanol–water partition coefficient (Wildman–Crippen LogP) is 3.44. The number of H-pyrrole nitrogens is 1. The van der Waals surface area contributed by atoms with Crippen molar-refractivity contribution in [3.05, 3.63) is 65.9 Å². The summed E-state index contributed by atoms with van der Waals surface area (Å²) in [6.45, 7) is 1.27. The molecule has 0 unspecified atom stereocenters. The molecular formula is C21H19F2N5O. The maximum Gasteiger partial charge on any atom is 0.228 e. The van der Waals surface area contributed by atoms with Crippen LogP contribution in [0.2, 0.25) is 0 Å². The molecule has 1 aliphatic rings. The molecule has 3 aromatic heterocycles. The standard InChI is InChI=1S/C21H19F2N5O/c22-14-1-3-17-18(9-14)26-21(25-17)13-5-7-27(8-6-13)20(29)10-16-12-28-11-15(23)2-4-19(28)24-16/h1-4,9,11-13H,5-8,10H2,(H,25,26). The molecule has 0 saturated carbocycles. The van der Waals surface area contributed by atoms with Crippen molar-refractivity contribution in [2.24, 2.45) is 0 Å². The minimum Gasteiger partial charge on any atom is -0.342 e. The minimum atomic E-state index is -0.344. The monoisotopic (exact) mass is 395 g/mol. The Bertz CT molecular complexity index is 1210. The third-order valence-electron chi connectivity index (χ3n) is 5.49. The fraction of sp³-hybridized carbons (Fsp3) is 0.286. The van der Waals surface area contributed by atoms with Crippen LogP contribution in [0.1, 0.15) is 30.3 Å². The smallest absolute Gasteiger partial charge is 0.228 e. The molecule has 1 saturated heterocycles. The normalized spacial score (nSPS) is 15.4. The fourth-order valence-corrected chi connectivity index (χ4v) is 3.97. The molecule has 0 radical (unpaired) electrons. The number of hydrogen-bond donors (Lipinski definition) is 1. The Kier molecular flexibility index (Phi) is 4.26. The number of aromatic amines is 1. The van der Waals surface area contributed by atoms with Crippen molar-refractivity contribution in [2.75, 3.05) is 13.1 Å². The van der Waals surface area contributed by atoms with E-state index in [2.05, 4.69) is 15.0 Å². The van der Waals surface area contributed by atoms with Crippen LogP contribution in [0.3, 0.4) is 0 Å². The Morgan fingerprint density at radius 1 is 1.07 bits per heavy atom. The SMILES string of the molecule is O=C(Cc1cn2cc(F)ccc2n1)N1CCC(c2nc3ccc(F)cc3[nH]2)CC1. The Labute approximate surface area is 165 Å². The molecule has 6 nitrogen and oxygen atoms in total. The van der Waals surface area contributed by atoms with Crippen molar-refractivity contribution in [2.45, 2.75) is 25.2 Å². The summed E-state index contributed by atoms with van der Waals surface area (Å²) >= 11 is 0. The first-order chi connectivity index (χ1) is 14.0. The summed E-state index contributed by atoms with van der Waals surface area (Å²) in [7, 11) is 0. The van der Waals surface area contributed by atoms with Crippen LogP contribution in [-0.2, 0) is 11.2 Å². The summed E-state index contributed by atoms with van der Waals surface area (Å²) in [6, 6.07) is 7.47. The summed E-state index contributed by atoms with van der Waals surface area (Å²) in [6.07, 6.45) is 4.82. The molecule has 0 aliphatic carbocycles. The molecule has 4 aromatic rings. The molecule has 0 bridgehead atoms. The minimum absolute atomic E-state index is 0.0130. The average Bonchev–Trinajstić information content (AvgIpc) is 3.30. The van der Waals surface area contributed by atoms with E-state index in [1.165, 1.54) is 24.4 Å². The molecule has 148 valence electrons. The van der Waals surface area contributed by atoms with E-state index in [4.69, 9.17) is 0 Å². The highest BCUT2D eigenvalue weighted by molar-refractivity contribution is 5.78. The largest absolute Gasteiger partial charge is 0.342 e. The highest BCUT2D eigenvalue weighted by Gasteiger charge is 2.26. The number of nitrogens with zero attached hydrogens (tertiary/aromatic N) is 4. The van der Waals surface area contributed by atoms with Gasteiger partial charge >= 0.3 is 0 Å². The van der Waals surface area contributed by atoms with Crippen molar-refractivity contribution in [1.82, 2.24) is 24.3 Å². The predicted molar refractivity (Wildman–Crippen MR) is 103 cm³/mol. The second-order valence-corrected chi connectivity index (χ2v) is 7.46. The molecule has 1 N–H and O–H groups in total. The number of hydrogen-bond acceptors (Lipinski definition) is 3. The van der Waals surface area contributed by atoms with Crippen molar-refractivity contribution in [1.29, 1.82) is 0 Å². The van der Waals surface area contributed by atoms with Crippen LogP contribution in [0.4, 0.5) is 8.78 Å².